The lowest BCUT2D eigenvalue weighted by molar-refractivity contribution is -0.123. The van der Waals surface area contributed by atoms with Gasteiger partial charge >= 0.3 is 0 Å². The highest BCUT2D eigenvalue weighted by Crippen LogP contribution is 2.38. The van der Waals surface area contributed by atoms with Gasteiger partial charge in [-0.2, -0.15) is 0 Å². The van der Waals surface area contributed by atoms with Crippen LogP contribution in [0.4, 0.5) is 4.79 Å². The third-order valence-electron chi connectivity index (χ3n) is 4.03. The molecule has 0 aliphatic carbocycles. The average Bonchev–Trinajstić information content (AvgIpc) is 2.93. The van der Waals surface area contributed by atoms with Crippen molar-refractivity contribution in [2.45, 2.75) is 13.5 Å². The summed E-state index contributed by atoms with van der Waals surface area (Å²) < 4.78 is 11.6. The first kappa shape index (κ1) is 20.8. The van der Waals surface area contributed by atoms with Gasteiger partial charge in [0.2, 0.25) is 0 Å². The predicted molar refractivity (Wildman–Crippen MR) is 115 cm³/mol. The van der Waals surface area contributed by atoms with Crippen molar-refractivity contribution in [2.75, 3.05) is 13.7 Å². The van der Waals surface area contributed by atoms with Crippen LogP contribution in [0.1, 0.15) is 18.1 Å². The molecule has 146 valence electrons. The van der Waals surface area contributed by atoms with Crippen LogP contribution in [0, 0.1) is 0 Å². The summed E-state index contributed by atoms with van der Waals surface area (Å²) in [6.07, 6.45) is 1.67. The van der Waals surface area contributed by atoms with E-state index in [-0.39, 0.29) is 17.7 Å². The molecular weight excluding hydrogens is 466 g/mol. The van der Waals surface area contributed by atoms with E-state index >= 15 is 0 Å². The van der Waals surface area contributed by atoms with Crippen LogP contribution in [-0.2, 0) is 11.3 Å². The number of carbonyl (C=O) groups excluding carboxylic acids is 2. The highest BCUT2D eigenvalue weighted by atomic mass is 79.9. The van der Waals surface area contributed by atoms with Gasteiger partial charge in [0.25, 0.3) is 11.1 Å². The van der Waals surface area contributed by atoms with Crippen molar-refractivity contribution in [3.05, 3.63) is 61.9 Å². The van der Waals surface area contributed by atoms with Crippen LogP contribution in [0.15, 0.2) is 45.8 Å². The molecule has 2 aromatic rings. The third kappa shape index (κ3) is 4.37. The zero-order valence-corrected chi connectivity index (χ0v) is 18.4. The predicted octanol–water partition coefficient (Wildman–Crippen LogP) is 5.75. The first-order chi connectivity index (χ1) is 13.4. The van der Waals surface area contributed by atoms with Gasteiger partial charge in [0.05, 0.1) is 25.2 Å². The number of imide groups is 1. The van der Waals surface area contributed by atoms with Crippen molar-refractivity contribution in [3.8, 4) is 11.5 Å². The summed E-state index contributed by atoms with van der Waals surface area (Å²) in [6, 6.07) is 10.7. The molecule has 28 heavy (non-hydrogen) atoms. The molecule has 0 atom stereocenters. The van der Waals surface area contributed by atoms with Crippen LogP contribution in [0.25, 0.3) is 6.08 Å². The molecule has 0 saturated carbocycles. The van der Waals surface area contributed by atoms with E-state index in [0.717, 1.165) is 21.8 Å². The van der Waals surface area contributed by atoms with E-state index in [1.54, 1.807) is 43.5 Å². The summed E-state index contributed by atoms with van der Waals surface area (Å²) in [4.78, 5) is 26.7. The van der Waals surface area contributed by atoms with Crippen molar-refractivity contribution >= 4 is 56.5 Å². The maximum Gasteiger partial charge on any atom is 0.293 e. The van der Waals surface area contributed by atoms with Gasteiger partial charge in [0, 0.05) is 9.50 Å². The molecule has 0 N–H and O–H groups in total. The van der Waals surface area contributed by atoms with Crippen molar-refractivity contribution in [1.29, 1.82) is 0 Å². The number of hydrogen-bond acceptors (Lipinski definition) is 5. The van der Waals surface area contributed by atoms with Crippen LogP contribution in [0.3, 0.4) is 0 Å². The molecule has 0 bridgehead atoms. The fourth-order valence-corrected chi connectivity index (χ4v) is 4.13. The van der Waals surface area contributed by atoms with E-state index in [1.165, 1.54) is 4.90 Å². The molecule has 0 radical (unpaired) electrons. The second-order valence-corrected chi connectivity index (χ2v) is 8.07. The Bertz CT molecular complexity index is 963. The lowest BCUT2D eigenvalue weighted by Gasteiger charge is -2.13. The summed E-state index contributed by atoms with van der Waals surface area (Å²) in [5, 5.41) is 0.190. The van der Waals surface area contributed by atoms with Gasteiger partial charge in [-0.1, -0.05) is 45.7 Å². The molecule has 0 unspecified atom stereocenters. The molecule has 5 nitrogen and oxygen atoms in total. The second-order valence-electron chi connectivity index (χ2n) is 5.82. The minimum absolute atomic E-state index is 0.134. The summed E-state index contributed by atoms with van der Waals surface area (Å²) in [5.41, 5.74) is 1.43. The number of nitrogens with zero attached hydrogens (tertiary/aromatic N) is 1. The Kier molecular flexibility index (Phi) is 6.69. The number of thioether (sulfide) groups is 1. The topological polar surface area (TPSA) is 55.8 Å². The molecule has 1 saturated heterocycles. The van der Waals surface area contributed by atoms with Crippen LogP contribution >= 0.6 is 39.3 Å². The molecule has 1 fully saturated rings. The number of rotatable bonds is 6. The quantitative estimate of drug-likeness (QED) is 0.491. The molecule has 2 aromatic carbocycles. The Balaban J connectivity index is 1.88. The van der Waals surface area contributed by atoms with Crippen molar-refractivity contribution in [3.63, 3.8) is 0 Å². The Morgan fingerprint density at radius 1 is 1.21 bits per heavy atom. The van der Waals surface area contributed by atoms with E-state index in [4.69, 9.17) is 21.1 Å². The SMILES string of the molecule is CCOc1cc(Br)c(/C=C2/SC(=O)N(Cc3ccccc3Cl)C2=O)cc1OC. The number of hydrogen-bond donors (Lipinski definition) is 0. The molecule has 3 rings (SSSR count). The summed E-state index contributed by atoms with van der Waals surface area (Å²) in [5.74, 6) is 0.794. The van der Waals surface area contributed by atoms with Gasteiger partial charge < -0.3 is 9.47 Å². The van der Waals surface area contributed by atoms with Gasteiger partial charge in [-0.15, -0.1) is 0 Å². The number of benzene rings is 2. The molecule has 1 heterocycles. The molecule has 1 aliphatic heterocycles. The smallest absolute Gasteiger partial charge is 0.293 e. The van der Waals surface area contributed by atoms with Crippen molar-refractivity contribution in [2.24, 2.45) is 0 Å². The van der Waals surface area contributed by atoms with Crippen molar-refractivity contribution < 1.29 is 19.1 Å². The van der Waals surface area contributed by atoms with E-state index in [2.05, 4.69) is 15.9 Å². The maximum atomic E-state index is 12.8. The summed E-state index contributed by atoms with van der Waals surface area (Å²) in [7, 11) is 1.55. The van der Waals surface area contributed by atoms with Gasteiger partial charge in [0.15, 0.2) is 11.5 Å². The van der Waals surface area contributed by atoms with Gasteiger partial charge in [-0.05, 0) is 54.1 Å². The van der Waals surface area contributed by atoms with Gasteiger partial charge in [0.1, 0.15) is 0 Å². The Hall–Kier alpha value is -1.96. The molecule has 8 heteroatoms. The first-order valence-electron chi connectivity index (χ1n) is 8.43. The average molecular weight is 483 g/mol. The number of ether oxygens (including phenoxy) is 2. The molecule has 0 spiro atoms. The number of halogens is 2. The Morgan fingerprint density at radius 2 is 1.96 bits per heavy atom. The second kappa shape index (κ2) is 9.03. The third-order valence-corrected chi connectivity index (χ3v) is 5.99. The van der Waals surface area contributed by atoms with E-state index < -0.39 is 0 Å². The van der Waals surface area contributed by atoms with Crippen LogP contribution < -0.4 is 9.47 Å². The Labute approximate surface area is 180 Å². The van der Waals surface area contributed by atoms with Crippen LogP contribution in [0.5, 0.6) is 11.5 Å². The molecule has 1 aliphatic rings. The minimum atomic E-state index is -0.352. The standard InChI is InChI=1S/C20H17BrClNO4S/c1-3-27-17-10-14(21)13(8-16(17)26-2)9-18-19(24)23(20(25)28-18)11-12-6-4-5-7-15(12)22/h4-10H,3,11H2,1-2H3/b18-9+. The maximum absolute atomic E-state index is 12.8. The molecule has 2 amide bonds. The van der Waals surface area contributed by atoms with Crippen LogP contribution in [0.2, 0.25) is 5.02 Å². The fourth-order valence-electron chi connectivity index (χ4n) is 2.66. The zero-order valence-electron chi connectivity index (χ0n) is 15.2. The zero-order chi connectivity index (χ0) is 20.3. The van der Waals surface area contributed by atoms with Gasteiger partial charge in [-0.25, -0.2) is 0 Å². The normalized spacial score (nSPS) is 15.4. The van der Waals surface area contributed by atoms with E-state index in [0.29, 0.717) is 33.6 Å². The highest BCUT2D eigenvalue weighted by Gasteiger charge is 2.35. The monoisotopic (exact) mass is 481 g/mol. The lowest BCUT2D eigenvalue weighted by Crippen LogP contribution is -2.27. The number of amides is 2. The summed E-state index contributed by atoms with van der Waals surface area (Å²) in [6.45, 7) is 2.52. The first-order valence-corrected chi connectivity index (χ1v) is 10.4. The molecule has 0 aromatic heterocycles. The fraction of sp³-hybridized carbons (Fsp3) is 0.200. The number of methoxy groups -OCH3 is 1. The van der Waals surface area contributed by atoms with E-state index in [1.807, 2.05) is 13.0 Å². The van der Waals surface area contributed by atoms with Gasteiger partial charge in [-0.3, -0.25) is 14.5 Å². The highest BCUT2D eigenvalue weighted by molar-refractivity contribution is 9.10. The Morgan fingerprint density at radius 3 is 2.64 bits per heavy atom. The summed E-state index contributed by atoms with van der Waals surface area (Å²) >= 11 is 10.5. The van der Waals surface area contributed by atoms with Crippen LogP contribution in [-0.4, -0.2) is 29.8 Å². The number of carbonyl (C=O) groups is 2. The minimum Gasteiger partial charge on any atom is -0.493 e. The lowest BCUT2D eigenvalue weighted by atomic mass is 10.1. The largest absolute Gasteiger partial charge is 0.493 e. The van der Waals surface area contributed by atoms with E-state index in [9.17, 15) is 9.59 Å². The molecular formula is C20H17BrClNO4S. The van der Waals surface area contributed by atoms with Crippen molar-refractivity contribution in [1.82, 2.24) is 4.90 Å².